The van der Waals surface area contributed by atoms with Gasteiger partial charge in [0.1, 0.15) is 0 Å². The third-order valence-corrected chi connectivity index (χ3v) is 7.02. The van der Waals surface area contributed by atoms with E-state index >= 15 is 0 Å². The van der Waals surface area contributed by atoms with Crippen LogP contribution in [0.2, 0.25) is 0 Å². The van der Waals surface area contributed by atoms with Gasteiger partial charge in [-0.25, -0.2) is 8.42 Å². The Labute approximate surface area is 175 Å². The number of carbonyl (C=O) groups is 1. The Morgan fingerprint density at radius 1 is 1.21 bits per heavy atom. The van der Waals surface area contributed by atoms with Gasteiger partial charge in [0.25, 0.3) is 0 Å². The maximum atomic E-state index is 12.4. The van der Waals surface area contributed by atoms with Gasteiger partial charge in [-0.2, -0.15) is 0 Å². The third kappa shape index (κ3) is 6.63. The van der Waals surface area contributed by atoms with E-state index in [9.17, 15) is 13.2 Å². The number of sulfone groups is 1. The third-order valence-electron chi connectivity index (χ3n) is 4.52. The van der Waals surface area contributed by atoms with E-state index in [0.717, 1.165) is 10.0 Å². The number of halogens is 1. The van der Waals surface area contributed by atoms with Gasteiger partial charge in [0.2, 0.25) is 5.91 Å². The van der Waals surface area contributed by atoms with Crippen LogP contribution in [0, 0.1) is 0 Å². The molecule has 0 aromatic heterocycles. The van der Waals surface area contributed by atoms with Crippen LogP contribution in [0.15, 0.2) is 16.6 Å². The summed E-state index contributed by atoms with van der Waals surface area (Å²) in [4.78, 5) is 14.4. The van der Waals surface area contributed by atoms with E-state index in [2.05, 4.69) is 21.2 Å². The highest BCUT2D eigenvalue weighted by Gasteiger charge is 2.29. The molecular formula is C19H29BrN2O5S. The van der Waals surface area contributed by atoms with Crippen LogP contribution in [0.1, 0.15) is 32.8 Å². The maximum absolute atomic E-state index is 12.4. The van der Waals surface area contributed by atoms with Crippen molar-refractivity contribution >= 4 is 31.7 Å². The lowest BCUT2D eigenvalue weighted by atomic mass is 10.2. The second-order valence-electron chi connectivity index (χ2n) is 6.73. The van der Waals surface area contributed by atoms with Gasteiger partial charge in [-0.05, 0) is 44.5 Å². The van der Waals surface area contributed by atoms with Crippen LogP contribution < -0.4 is 14.8 Å². The summed E-state index contributed by atoms with van der Waals surface area (Å²) < 4.78 is 35.3. The lowest BCUT2D eigenvalue weighted by Crippen LogP contribution is -2.42. The molecule has 1 heterocycles. The van der Waals surface area contributed by atoms with Crippen LogP contribution in [0.3, 0.4) is 0 Å². The zero-order chi connectivity index (χ0) is 20.7. The molecule has 2 rings (SSSR count). The zero-order valence-electron chi connectivity index (χ0n) is 16.7. The van der Waals surface area contributed by atoms with Gasteiger partial charge in [-0.1, -0.05) is 22.9 Å². The number of nitrogens with one attached hydrogen (secondary N) is 1. The van der Waals surface area contributed by atoms with E-state index in [1.807, 2.05) is 37.8 Å². The number of rotatable bonds is 10. The van der Waals surface area contributed by atoms with Crippen molar-refractivity contribution in [2.75, 3.05) is 37.8 Å². The molecule has 0 bridgehead atoms. The van der Waals surface area contributed by atoms with Crippen LogP contribution in [-0.4, -0.2) is 63.1 Å². The molecule has 0 radical (unpaired) electrons. The van der Waals surface area contributed by atoms with E-state index in [1.165, 1.54) is 0 Å². The molecule has 1 fully saturated rings. The number of ether oxygens (including phenoxy) is 2. The van der Waals surface area contributed by atoms with E-state index in [0.29, 0.717) is 44.2 Å². The molecule has 1 aromatic carbocycles. The average Bonchev–Trinajstić information content (AvgIpc) is 2.96. The molecule has 1 aromatic rings. The van der Waals surface area contributed by atoms with Gasteiger partial charge in [-0.3, -0.25) is 9.69 Å². The smallest absolute Gasteiger partial charge is 0.234 e. The monoisotopic (exact) mass is 476 g/mol. The summed E-state index contributed by atoms with van der Waals surface area (Å²) in [6.07, 6.45) is 0.488. The van der Waals surface area contributed by atoms with E-state index < -0.39 is 9.84 Å². The molecule has 158 valence electrons. The molecule has 0 saturated carbocycles. The van der Waals surface area contributed by atoms with Crippen molar-refractivity contribution in [3.63, 3.8) is 0 Å². The van der Waals surface area contributed by atoms with Gasteiger partial charge < -0.3 is 14.8 Å². The molecule has 1 atom stereocenters. The van der Waals surface area contributed by atoms with Crippen LogP contribution in [0.4, 0.5) is 0 Å². The Bertz CT molecular complexity index is 785. The van der Waals surface area contributed by atoms with Crippen LogP contribution in [-0.2, 0) is 21.2 Å². The number of amides is 1. The summed E-state index contributed by atoms with van der Waals surface area (Å²) in [5, 5.41) is 2.84. The lowest BCUT2D eigenvalue weighted by molar-refractivity contribution is -0.122. The molecule has 7 nitrogen and oxygen atoms in total. The number of carbonyl (C=O) groups excluding carboxylic acids is 1. The Hall–Kier alpha value is -1.32. The fourth-order valence-electron chi connectivity index (χ4n) is 3.14. The van der Waals surface area contributed by atoms with Crippen molar-refractivity contribution < 1.29 is 22.7 Å². The Kier molecular flexibility index (Phi) is 8.57. The standard InChI is InChI=1S/C19H29BrN2O5S/c1-4-22(12-19(23)21-15-7-8-28(24,25)13-15)11-14-9-17(26-5-2)18(27-6-3)10-16(14)20/h9-10,15H,4-8,11-13H2,1-3H3,(H,21,23)/t15-/m0/s1. The second-order valence-corrected chi connectivity index (χ2v) is 9.81. The fraction of sp³-hybridized carbons (Fsp3) is 0.632. The molecule has 1 N–H and O–H groups in total. The van der Waals surface area contributed by atoms with Crippen LogP contribution >= 0.6 is 15.9 Å². The number of likely N-dealkylation sites (N-methyl/N-ethyl adjacent to an activating group) is 1. The molecule has 0 unspecified atom stereocenters. The van der Waals surface area contributed by atoms with E-state index in [4.69, 9.17) is 9.47 Å². The predicted molar refractivity (Wildman–Crippen MR) is 113 cm³/mol. The van der Waals surface area contributed by atoms with Gasteiger partial charge in [0, 0.05) is 17.1 Å². The molecule has 1 aliphatic heterocycles. The summed E-state index contributed by atoms with van der Waals surface area (Å²) in [6, 6.07) is 3.54. The average molecular weight is 477 g/mol. The molecule has 0 aliphatic carbocycles. The minimum atomic E-state index is -3.01. The lowest BCUT2D eigenvalue weighted by Gasteiger charge is -2.22. The van der Waals surface area contributed by atoms with Crippen LogP contribution in [0.25, 0.3) is 0 Å². The molecular weight excluding hydrogens is 448 g/mol. The van der Waals surface area contributed by atoms with Crippen molar-refractivity contribution in [3.8, 4) is 11.5 Å². The Morgan fingerprint density at radius 3 is 2.39 bits per heavy atom. The molecule has 28 heavy (non-hydrogen) atoms. The first-order chi connectivity index (χ1) is 13.3. The van der Waals surface area contributed by atoms with Crippen molar-refractivity contribution in [2.24, 2.45) is 0 Å². The summed E-state index contributed by atoms with van der Waals surface area (Å²) in [5.41, 5.74) is 0.991. The highest BCUT2D eigenvalue weighted by molar-refractivity contribution is 9.10. The molecule has 0 spiro atoms. The number of hydrogen-bond acceptors (Lipinski definition) is 6. The minimum absolute atomic E-state index is 0.0347. The molecule has 1 amide bonds. The number of hydrogen-bond donors (Lipinski definition) is 1. The van der Waals surface area contributed by atoms with Crippen LogP contribution in [0.5, 0.6) is 11.5 Å². The topological polar surface area (TPSA) is 84.9 Å². The van der Waals surface area contributed by atoms with Gasteiger partial charge in [-0.15, -0.1) is 0 Å². The maximum Gasteiger partial charge on any atom is 0.234 e. The molecule has 1 aliphatic rings. The number of nitrogens with zero attached hydrogens (tertiary/aromatic N) is 1. The van der Waals surface area contributed by atoms with Gasteiger partial charge in [0.15, 0.2) is 21.3 Å². The Morgan fingerprint density at radius 2 is 1.86 bits per heavy atom. The van der Waals surface area contributed by atoms with E-state index in [-0.39, 0.29) is 30.0 Å². The highest BCUT2D eigenvalue weighted by Crippen LogP contribution is 2.34. The summed E-state index contributed by atoms with van der Waals surface area (Å²) in [5.74, 6) is 1.39. The van der Waals surface area contributed by atoms with E-state index in [1.54, 1.807) is 0 Å². The largest absolute Gasteiger partial charge is 0.490 e. The second kappa shape index (κ2) is 10.5. The first kappa shape index (κ1) is 23.0. The minimum Gasteiger partial charge on any atom is -0.490 e. The first-order valence-corrected chi connectivity index (χ1v) is 12.2. The highest BCUT2D eigenvalue weighted by atomic mass is 79.9. The molecule has 1 saturated heterocycles. The zero-order valence-corrected chi connectivity index (χ0v) is 19.1. The SMILES string of the molecule is CCOc1cc(Br)c(CN(CC)CC(=O)N[C@H]2CCS(=O)(=O)C2)cc1OCC. The molecule has 9 heteroatoms. The Balaban J connectivity index is 2.03. The van der Waals surface area contributed by atoms with Crippen molar-refractivity contribution in [1.82, 2.24) is 10.2 Å². The number of benzene rings is 1. The fourth-order valence-corrected chi connectivity index (χ4v) is 5.26. The normalized spacial score (nSPS) is 18.2. The van der Waals surface area contributed by atoms with Gasteiger partial charge >= 0.3 is 0 Å². The summed E-state index contributed by atoms with van der Waals surface area (Å²) >= 11 is 3.58. The van der Waals surface area contributed by atoms with Gasteiger partial charge in [0.05, 0.1) is 31.3 Å². The van der Waals surface area contributed by atoms with Crippen molar-refractivity contribution in [2.45, 2.75) is 39.8 Å². The van der Waals surface area contributed by atoms with Crippen molar-refractivity contribution in [3.05, 3.63) is 22.2 Å². The first-order valence-electron chi connectivity index (χ1n) is 9.58. The van der Waals surface area contributed by atoms with Crippen molar-refractivity contribution in [1.29, 1.82) is 0 Å². The summed E-state index contributed by atoms with van der Waals surface area (Å²) in [6.45, 7) is 8.35. The predicted octanol–water partition coefficient (Wildman–Crippen LogP) is 2.37. The summed E-state index contributed by atoms with van der Waals surface area (Å²) in [7, 11) is -3.01. The quantitative estimate of drug-likeness (QED) is 0.557.